The van der Waals surface area contributed by atoms with Gasteiger partial charge in [0.15, 0.2) is 0 Å². The second-order valence-corrected chi connectivity index (χ2v) is 4.37. The summed E-state index contributed by atoms with van der Waals surface area (Å²) in [6.07, 6.45) is 0. The number of nitrogens with two attached hydrogens (primary N) is 1. The normalized spacial score (nSPS) is 10.2. The Labute approximate surface area is 116 Å². The summed E-state index contributed by atoms with van der Waals surface area (Å²) in [5.41, 5.74) is 5.27. The number of pyridine rings is 1. The summed E-state index contributed by atoms with van der Waals surface area (Å²) < 4.78 is 0. The summed E-state index contributed by atoms with van der Waals surface area (Å²) >= 11 is 0. The highest BCUT2D eigenvalue weighted by Crippen LogP contribution is 2.25. The van der Waals surface area contributed by atoms with Gasteiger partial charge in [-0.05, 0) is 31.0 Å². The van der Waals surface area contributed by atoms with Crippen molar-refractivity contribution in [2.75, 3.05) is 10.7 Å². The predicted octanol–water partition coefficient (Wildman–Crippen LogP) is 2.64. The van der Waals surface area contributed by atoms with Crippen molar-refractivity contribution < 1.29 is 4.92 Å². The first-order valence-corrected chi connectivity index (χ1v) is 5.97. The minimum Gasteiger partial charge on any atom is -0.340 e. The molecule has 0 amide bonds. The number of anilines is 3. The molecule has 0 spiro atoms. The van der Waals surface area contributed by atoms with E-state index < -0.39 is 4.92 Å². The Hall–Kier alpha value is -2.67. The number of aryl methyl sites for hydroxylation is 1. The third kappa shape index (κ3) is 2.83. The zero-order valence-corrected chi connectivity index (χ0v) is 11.2. The molecule has 1 aromatic carbocycles. The lowest BCUT2D eigenvalue weighted by atomic mass is 10.1. The molecule has 1 heterocycles. The maximum atomic E-state index is 10.9. The molecular weight excluding hydrogens is 258 g/mol. The number of benzene rings is 1. The quantitative estimate of drug-likeness (QED) is 0.449. The average molecular weight is 273 g/mol. The van der Waals surface area contributed by atoms with E-state index in [-0.39, 0.29) is 11.5 Å². The molecule has 0 saturated heterocycles. The summed E-state index contributed by atoms with van der Waals surface area (Å²) in [4.78, 5) is 14.5. The smallest absolute Gasteiger partial charge is 0.276 e. The number of nitrogens with one attached hydrogen (secondary N) is 2. The molecule has 0 aliphatic carbocycles. The first kappa shape index (κ1) is 13.8. The molecule has 0 atom stereocenters. The van der Waals surface area contributed by atoms with Gasteiger partial charge in [-0.15, -0.1) is 0 Å². The van der Waals surface area contributed by atoms with E-state index in [0.717, 1.165) is 16.8 Å². The van der Waals surface area contributed by atoms with Crippen LogP contribution in [-0.2, 0) is 0 Å². The highest BCUT2D eigenvalue weighted by atomic mass is 16.6. The lowest BCUT2D eigenvalue weighted by molar-refractivity contribution is -0.384. The van der Waals surface area contributed by atoms with Crippen LogP contribution in [0.1, 0.15) is 11.1 Å². The molecular formula is C13H15N5O2. The van der Waals surface area contributed by atoms with Gasteiger partial charge in [-0.1, -0.05) is 12.1 Å². The first-order valence-electron chi connectivity index (χ1n) is 5.97. The molecule has 7 nitrogen and oxygen atoms in total. The summed E-state index contributed by atoms with van der Waals surface area (Å²) in [6.45, 7) is 3.96. The Balaban J connectivity index is 2.40. The van der Waals surface area contributed by atoms with Gasteiger partial charge in [-0.3, -0.25) is 10.1 Å². The maximum absolute atomic E-state index is 10.9. The van der Waals surface area contributed by atoms with Gasteiger partial charge >= 0.3 is 0 Å². The standard InChI is InChI=1S/C13H15N5O2/c1-8-4-3-5-11(9(8)2)15-12-6-10(18(19)20)7-13(16-12)17-14/h3-7H,14H2,1-2H3,(H2,15,16,17). The average Bonchev–Trinajstić information content (AvgIpc) is 2.43. The fraction of sp³-hybridized carbons (Fsp3) is 0.154. The zero-order valence-electron chi connectivity index (χ0n) is 11.2. The van der Waals surface area contributed by atoms with E-state index >= 15 is 0 Å². The molecule has 0 aliphatic heterocycles. The highest BCUT2D eigenvalue weighted by molar-refractivity contribution is 5.65. The minimum atomic E-state index is -0.489. The van der Waals surface area contributed by atoms with Gasteiger partial charge in [0.05, 0.1) is 17.1 Å². The molecule has 7 heteroatoms. The van der Waals surface area contributed by atoms with Crippen molar-refractivity contribution in [3.63, 3.8) is 0 Å². The third-order valence-electron chi connectivity index (χ3n) is 3.04. The van der Waals surface area contributed by atoms with Crippen LogP contribution in [0, 0.1) is 24.0 Å². The van der Waals surface area contributed by atoms with Crippen LogP contribution < -0.4 is 16.6 Å². The van der Waals surface area contributed by atoms with Gasteiger partial charge in [0.1, 0.15) is 11.6 Å². The number of hydrogen-bond donors (Lipinski definition) is 3. The summed E-state index contributed by atoms with van der Waals surface area (Å²) in [7, 11) is 0. The Bertz CT molecular complexity index is 657. The molecule has 2 aromatic rings. The SMILES string of the molecule is Cc1cccc(Nc2cc([N+](=O)[O-])cc(NN)n2)c1C. The number of rotatable bonds is 4. The molecule has 0 radical (unpaired) electrons. The van der Waals surface area contributed by atoms with Gasteiger partial charge in [0.2, 0.25) is 0 Å². The topological polar surface area (TPSA) is 106 Å². The van der Waals surface area contributed by atoms with Gasteiger partial charge in [-0.2, -0.15) is 0 Å². The van der Waals surface area contributed by atoms with E-state index in [9.17, 15) is 10.1 Å². The largest absolute Gasteiger partial charge is 0.340 e. The van der Waals surface area contributed by atoms with Crippen molar-refractivity contribution in [1.29, 1.82) is 0 Å². The van der Waals surface area contributed by atoms with E-state index in [1.807, 2.05) is 32.0 Å². The Morgan fingerprint density at radius 3 is 2.60 bits per heavy atom. The molecule has 104 valence electrons. The third-order valence-corrected chi connectivity index (χ3v) is 3.04. The van der Waals surface area contributed by atoms with Crippen LogP contribution in [0.3, 0.4) is 0 Å². The Kier molecular flexibility index (Phi) is 3.81. The Morgan fingerprint density at radius 2 is 1.95 bits per heavy atom. The molecule has 4 N–H and O–H groups in total. The van der Waals surface area contributed by atoms with Crippen molar-refractivity contribution in [1.82, 2.24) is 4.98 Å². The van der Waals surface area contributed by atoms with Crippen LogP contribution in [0.4, 0.5) is 23.0 Å². The molecule has 0 unspecified atom stereocenters. The summed E-state index contributed by atoms with van der Waals surface area (Å²) in [5.74, 6) is 5.86. The van der Waals surface area contributed by atoms with Crippen LogP contribution in [0.2, 0.25) is 0 Å². The lowest BCUT2D eigenvalue weighted by Gasteiger charge is -2.11. The van der Waals surface area contributed by atoms with Crippen molar-refractivity contribution in [3.8, 4) is 0 Å². The van der Waals surface area contributed by atoms with Crippen molar-refractivity contribution >= 4 is 23.0 Å². The van der Waals surface area contributed by atoms with Crippen LogP contribution in [0.15, 0.2) is 30.3 Å². The molecule has 1 aromatic heterocycles. The fourth-order valence-electron chi connectivity index (χ4n) is 1.78. The molecule has 0 aliphatic rings. The first-order chi connectivity index (χ1) is 9.51. The monoisotopic (exact) mass is 273 g/mol. The second-order valence-electron chi connectivity index (χ2n) is 4.37. The second kappa shape index (κ2) is 5.54. The van der Waals surface area contributed by atoms with Crippen LogP contribution in [0.25, 0.3) is 0 Å². The molecule has 0 fully saturated rings. The number of hydrogen-bond acceptors (Lipinski definition) is 6. The number of nitro groups is 1. The van der Waals surface area contributed by atoms with Gasteiger partial charge < -0.3 is 10.7 Å². The molecule has 0 saturated carbocycles. The van der Waals surface area contributed by atoms with Gasteiger partial charge in [0.25, 0.3) is 5.69 Å². The predicted molar refractivity (Wildman–Crippen MR) is 77.9 cm³/mol. The van der Waals surface area contributed by atoms with Crippen LogP contribution in [-0.4, -0.2) is 9.91 Å². The van der Waals surface area contributed by atoms with Crippen molar-refractivity contribution in [3.05, 3.63) is 51.6 Å². The van der Waals surface area contributed by atoms with E-state index in [0.29, 0.717) is 5.82 Å². The highest BCUT2D eigenvalue weighted by Gasteiger charge is 2.11. The maximum Gasteiger partial charge on any atom is 0.276 e. The van der Waals surface area contributed by atoms with E-state index in [1.54, 1.807) is 0 Å². The van der Waals surface area contributed by atoms with Gasteiger partial charge in [-0.25, -0.2) is 10.8 Å². The number of aromatic nitrogens is 1. The van der Waals surface area contributed by atoms with Gasteiger partial charge in [0, 0.05) is 5.69 Å². The summed E-state index contributed by atoms with van der Waals surface area (Å²) in [6, 6.07) is 8.42. The zero-order chi connectivity index (χ0) is 14.7. The Morgan fingerprint density at radius 1 is 1.25 bits per heavy atom. The molecule has 20 heavy (non-hydrogen) atoms. The fourth-order valence-corrected chi connectivity index (χ4v) is 1.78. The number of nitrogens with zero attached hydrogens (tertiary/aromatic N) is 2. The van der Waals surface area contributed by atoms with Crippen LogP contribution >= 0.6 is 0 Å². The van der Waals surface area contributed by atoms with Crippen molar-refractivity contribution in [2.24, 2.45) is 5.84 Å². The lowest BCUT2D eigenvalue weighted by Crippen LogP contribution is -2.10. The summed E-state index contributed by atoms with van der Waals surface area (Å²) in [5, 5.41) is 13.9. The molecule has 2 rings (SSSR count). The van der Waals surface area contributed by atoms with E-state index in [2.05, 4.69) is 15.7 Å². The number of nitrogen functional groups attached to an aromatic ring is 1. The minimum absolute atomic E-state index is 0.0826. The van der Waals surface area contributed by atoms with Crippen molar-refractivity contribution in [2.45, 2.75) is 13.8 Å². The van der Waals surface area contributed by atoms with E-state index in [1.165, 1.54) is 12.1 Å². The van der Waals surface area contributed by atoms with E-state index in [4.69, 9.17) is 5.84 Å². The van der Waals surface area contributed by atoms with Crippen LogP contribution in [0.5, 0.6) is 0 Å². The molecule has 0 bridgehead atoms. The number of hydrazine groups is 1.